The molecule has 0 unspecified atom stereocenters. The Balaban J connectivity index is 1.89. The molecule has 0 aliphatic carbocycles. The minimum atomic E-state index is 0.0602. The summed E-state index contributed by atoms with van der Waals surface area (Å²) >= 11 is 0. The second-order valence-corrected chi connectivity index (χ2v) is 7.64. The molecular formula is C20H33N3O2. The summed E-state index contributed by atoms with van der Waals surface area (Å²) in [5.74, 6) is 1.07. The summed E-state index contributed by atoms with van der Waals surface area (Å²) in [6, 6.07) is 8.47. The average molecular weight is 348 g/mol. The van der Waals surface area contributed by atoms with E-state index in [2.05, 4.69) is 36.3 Å². The largest absolute Gasteiger partial charge is 0.491 e. The maximum atomic E-state index is 12.6. The van der Waals surface area contributed by atoms with Gasteiger partial charge in [0.1, 0.15) is 5.75 Å². The number of rotatable bonds is 6. The number of hydrogen-bond acceptors (Lipinski definition) is 4. The number of ether oxygens (including phenoxy) is 1. The van der Waals surface area contributed by atoms with E-state index in [1.165, 1.54) is 0 Å². The third-order valence-corrected chi connectivity index (χ3v) is 4.74. The quantitative estimate of drug-likeness (QED) is 0.858. The SMILES string of the molecule is CC(C)Oc1cccc(CNC(=O)[C@@H]2CC[C@H](N(C)C)CN(C)C2)c1. The number of benzene rings is 1. The minimum absolute atomic E-state index is 0.0602. The molecule has 1 fully saturated rings. The van der Waals surface area contributed by atoms with Crippen LogP contribution in [-0.2, 0) is 11.3 Å². The van der Waals surface area contributed by atoms with Gasteiger partial charge in [0.2, 0.25) is 5.91 Å². The van der Waals surface area contributed by atoms with Gasteiger partial charge in [-0.05, 0) is 65.5 Å². The molecule has 0 radical (unpaired) electrons. The monoisotopic (exact) mass is 347 g/mol. The number of likely N-dealkylation sites (tertiary alicyclic amines) is 1. The van der Waals surface area contributed by atoms with Crippen LogP contribution in [0.4, 0.5) is 0 Å². The Morgan fingerprint density at radius 1 is 1.32 bits per heavy atom. The summed E-state index contributed by atoms with van der Waals surface area (Å²) in [5.41, 5.74) is 1.07. The molecule has 5 heteroatoms. The van der Waals surface area contributed by atoms with E-state index in [-0.39, 0.29) is 17.9 Å². The molecule has 2 atom stereocenters. The van der Waals surface area contributed by atoms with Crippen molar-refractivity contribution in [3.63, 3.8) is 0 Å². The van der Waals surface area contributed by atoms with E-state index in [9.17, 15) is 4.79 Å². The maximum absolute atomic E-state index is 12.6. The molecule has 25 heavy (non-hydrogen) atoms. The highest BCUT2D eigenvalue weighted by Gasteiger charge is 2.27. The first-order chi connectivity index (χ1) is 11.8. The molecule has 0 spiro atoms. The number of carbonyl (C=O) groups excluding carboxylic acids is 1. The molecule has 1 heterocycles. The van der Waals surface area contributed by atoms with Crippen LogP contribution in [0.2, 0.25) is 0 Å². The molecule has 1 aliphatic rings. The number of amides is 1. The van der Waals surface area contributed by atoms with Crippen molar-refractivity contribution in [1.29, 1.82) is 0 Å². The molecule has 5 nitrogen and oxygen atoms in total. The Morgan fingerprint density at radius 2 is 2.08 bits per heavy atom. The fourth-order valence-electron chi connectivity index (χ4n) is 3.36. The predicted octanol–water partition coefficient (Wildman–Crippen LogP) is 2.36. The lowest BCUT2D eigenvalue weighted by Gasteiger charge is -2.25. The molecular weight excluding hydrogens is 314 g/mol. The van der Waals surface area contributed by atoms with E-state index in [0.29, 0.717) is 12.6 Å². The smallest absolute Gasteiger partial charge is 0.224 e. The first-order valence-corrected chi connectivity index (χ1v) is 9.23. The first kappa shape index (κ1) is 19.7. The molecule has 0 saturated carbocycles. The van der Waals surface area contributed by atoms with Gasteiger partial charge in [-0.1, -0.05) is 12.1 Å². The van der Waals surface area contributed by atoms with E-state index >= 15 is 0 Å². The molecule has 1 aliphatic heterocycles. The van der Waals surface area contributed by atoms with Gasteiger partial charge < -0.3 is 19.9 Å². The zero-order valence-corrected chi connectivity index (χ0v) is 16.3. The third kappa shape index (κ3) is 6.33. The summed E-state index contributed by atoms with van der Waals surface area (Å²) in [7, 11) is 6.34. The van der Waals surface area contributed by atoms with Gasteiger partial charge in [-0.2, -0.15) is 0 Å². The standard InChI is InChI=1S/C20H33N3O2/c1-15(2)25-19-8-6-7-16(11-19)12-21-20(24)17-9-10-18(22(3)4)14-23(5)13-17/h6-8,11,15,17-18H,9-10,12-14H2,1-5H3,(H,21,24)/t17-,18+/m1/s1. The Morgan fingerprint density at radius 3 is 2.76 bits per heavy atom. The molecule has 1 aromatic rings. The summed E-state index contributed by atoms with van der Waals surface area (Å²) in [6.45, 7) is 6.42. The lowest BCUT2D eigenvalue weighted by Crippen LogP contribution is -2.39. The van der Waals surface area contributed by atoms with Gasteiger partial charge in [-0.15, -0.1) is 0 Å². The van der Waals surface area contributed by atoms with E-state index in [0.717, 1.165) is 37.2 Å². The van der Waals surface area contributed by atoms with Crippen LogP contribution in [0.3, 0.4) is 0 Å². The van der Waals surface area contributed by atoms with Gasteiger partial charge in [0.05, 0.1) is 12.0 Å². The van der Waals surface area contributed by atoms with Crippen LogP contribution >= 0.6 is 0 Å². The summed E-state index contributed by atoms with van der Waals surface area (Å²) < 4.78 is 5.72. The van der Waals surface area contributed by atoms with Crippen LogP contribution in [0.1, 0.15) is 32.3 Å². The van der Waals surface area contributed by atoms with Crippen molar-refractivity contribution >= 4 is 5.91 Å². The average Bonchev–Trinajstić information content (AvgIpc) is 2.74. The van der Waals surface area contributed by atoms with Gasteiger partial charge >= 0.3 is 0 Å². The maximum Gasteiger partial charge on any atom is 0.224 e. The summed E-state index contributed by atoms with van der Waals surface area (Å²) in [6.07, 6.45) is 2.15. The van der Waals surface area contributed by atoms with Crippen molar-refractivity contribution in [3.05, 3.63) is 29.8 Å². The van der Waals surface area contributed by atoms with Crippen molar-refractivity contribution in [2.45, 2.75) is 45.4 Å². The highest BCUT2D eigenvalue weighted by molar-refractivity contribution is 5.78. The van der Waals surface area contributed by atoms with Crippen molar-refractivity contribution in [2.24, 2.45) is 5.92 Å². The highest BCUT2D eigenvalue weighted by Crippen LogP contribution is 2.19. The Labute approximate surface area is 152 Å². The van der Waals surface area contributed by atoms with Gasteiger partial charge in [0.15, 0.2) is 0 Å². The Bertz CT molecular complexity index is 560. The molecule has 2 rings (SSSR count). The molecule has 1 aromatic carbocycles. The molecule has 140 valence electrons. The van der Waals surface area contributed by atoms with E-state index in [1.54, 1.807) is 0 Å². The lowest BCUT2D eigenvalue weighted by molar-refractivity contribution is -0.125. The second-order valence-electron chi connectivity index (χ2n) is 7.64. The first-order valence-electron chi connectivity index (χ1n) is 9.23. The second kappa shape index (κ2) is 9.20. The van der Waals surface area contributed by atoms with Crippen molar-refractivity contribution in [1.82, 2.24) is 15.1 Å². The van der Waals surface area contributed by atoms with Gasteiger partial charge in [0, 0.05) is 25.7 Å². The number of carbonyl (C=O) groups is 1. The van der Waals surface area contributed by atoms with Crippen LogP contribution in [0.15, 0.2) is 24.3 Å². The third-order valence-electron chi connectivity index (χ3n) is 4.74. The van der Waals surface area contributed by atoms with Crippen molar-refractivity contribution < 1.29 is 9.53 Å². The van der Waals surface area contributed by atoms with Crippen LogP contribution < -0.4 is 10.1 Å². The lowest BCUT2D eigenvalue weighted by atomic mass is 10.0. The Hall–Kier alpha value is -1.59. The van der Waals surface area contributed by atoms with E-state index < -0.39 is 0 Å². The van der Waals surface area contributed by atoms with Gasteiger partial charge in [-0.25, -0.2) is 0 Å². The molecule has 1 N–H and O–H groups in total. The summed E-state index contributed by atoms with van der Waals surface area (Å²) in [5, 5.41) is 3.11. The van der Waals surface area contributed by atoms with Crippen LogP contribution in [0, 0.1) is 5.92 Å². The number of hydrogen-bond donors (Lipinski definition) is 1. The van der Waals surface area contributed by atoms with Crippen LogP contribution in [0.25, 0.3) is 0 Å². The topological polar surface area (TPSA) is 44.8 Å². The Kier molecular flexibility index (Phi) is 7.26. The molecule has 1 saturated heterocycles. The van der Waals surface area contributed by atoms with Crippen LogP contribution in [-0.4, -0.2) is 62.1 Å². The highest BCUT2D eigenvalue weighted by atomic mass is 16.5. The fraction of sp³-hybridized carbons (Fsp3) is 0.650. The number of nitrogens with zero attached hydrogens (tertiary/aromatic N) is 2. The van der Waals surface area contributed by atoms with Gasteiger partial charge in [0.25, 0.3) is 0 Å². The molecule has 0 bridgehead atoms. The zero-order valence-electron chi connectivity index (χ0n) is 16.3. The minimum Gasteiger partial charge on any atom is -0.491 e. The van der Waals surface area contributed by atoms with Gasteiger partial charge in [-0.3, -0.25) is 4.79 Å². The van der Waals surface area contributed by atoms with Crippen LogP contribution in [0.5, 0.6) is 5.75 Å². The van der Waals surface area contributed by atoms with Crippen molar-refractivity contribution in [3.8, 4) is 5.75 Å². The zero-order chi connectivity index (χ0) is 18.4. The van der Waals surface area contributed by atoms with E-state index in [4.69, 9.17) is 4.74 Å². The molecule has 1 amide bonds. The summed E-state index contributed by atoms with van der Waals surface area (Å²) in [4.78, 5) is 17.2. The number of nitrogens with one attached hydrogen (secondary N) is 1. The van der Waals surface area contributed by atoms with Crippen molar-refractivity contribution in [2.75, 3.05) is 34.2 Å². The van der Waals surface area contributed by atoms with E-state index in [1.807, 2.05) is 38.1 Å². The normalized spacial score (nSPS) is 22.0. The molecule has 0 aromatic heterocycles. The number of likely N-dealkylation sites (N-methyl/N-ethyl adjacent to an activating group) is 2. The fourth-order valence-corrected chi connectivity index (χ4v) is 3.36. The predicted molar refractivity (Wildman–Crippen MR) is 102 cm³/mol.